The monoisotopic (exact) mass is 922 g/mol. The Balaban J connectivity index is -0.000000657. The molecule has 0 saturated heterocycles. The number of hydrogen-bond acceptors (Lipinski definition) is 8. The topological polar surface area (TPSA) is 74.8 Å². The molecule has 1 fully saturated rings. The van der Waals surface area contributed by atoms with Crippen molar-refractivity contribution in [3.63, 3.8) is 0 Å². The van der Waals surface area contributed by atoms with Gasteiger partial charge in [-0.1, -0.05) is 26.4 Å². The minimum absolute atomic E-state index is 0. The molecule has 0 bridgehead atoms. The molecule has 1 saturated carbocycles. The van der Waals surface area contributed by atoms with E-state index in [1.807, 2.05) is 18.0 Å². The second-order valence-corrected chi connectivity index (χ2v) is 10.5. The van der Waals surface area contributed by atoms with Gasteiger partial charge >= 0.3 is 42.1 Å². The average Bonchev–Trinajstić information content (AvgIpc) is 2.80. The summed E-state index contributed by atoms with van der Waals surface area (Å²) in [7, 11) is 2.20. The summed E-state index contributed by atoms with van der Waals surface area (Å²) < 4.78 is 12.2. The fraction of sp³-hybridized carbons (Fsp3) is 0.750. The SMILES string of the molecule is CCCCSC1CCC1SCCCC(=O)CN(C[C-]=O)CCN(C[C-]=O)CC(C)=O.[3H]P[CH2-].[3H][CH-]P.[W+2].[W+2]. The van der Waals surface area contributed by atoms with Gasteiger partial charge in [-0.05, 0) is 44.1 Å². The second-order valence-electron chi connectivity index (χ2n) is 7.80. The first-order valence-electron chi connectivity index (χ1n) is 12.7. The van der Waals surface area contributed by atoms with Crippen LogP contribution in [0.2, 0.25) is 0 Å². The molecule has 1 aliphatic rings. The van der Waals surface area contributed by atoms with Crippen LogP contribution in [0.1, 0.15) is 53.7 Å². The molecule has 36 heavy (non-hydrogen) atoms. The van der Waals surface area contributed by atoms with E-state index in [-0.39, 0.29) is 89.1 Å². The van der Waals surface area contributed by atoms with Crippen molar-refractivity contribution < 1.29 is 62.7 Å². The number of hydrogen-bond donors (Lipinski definition) is 0. The Kier molecular flexibility index (Phi) is 36.1. The largest absolute Gasteiger partial charge is 2.00 e. The first-order chi connectivity index (χ1) is 17.3. The van der Waals surface area contributed by atoms with Crippen LogP contribution >= 0.6 is 41.9 Å². The van der Waals surface area contributed by atoms with Gasteiger partial charge in [-0.25, -0.2) is 13.9 Å². The zero-order valence-electron chi connectivity index (χ0n) is 23.6. The van der Waals surface area contributed by atoms with Crippen LogP contribution in [0.25, 0.3) is 0 Å². The molecule has 0 radical (unpaired) electrons. The molecule has 4 unspecified atom stereocenters. The third-order valence-electron chi connectivity index (χ3n) is 5.07. The van der Waals surface area contributed by atoms with Gasteiger partial charge in [0.2, 0.25) is 0 Å². The summed E-state index contributed by atoms with van der Waals surface area (Å²) in [5, 5.41) is 1.53. The summed E-state index contributed by atoms with van der Waals surface area (Å²) in [5.41, 5.74) is 0. The Morgan fingerprint density at radius 1 is 1.03 bits per heavy atom. The number of nitrogens with zero attached hydrogens (tertiary/aromatic N) is 2. The van der Waals surface area contributed by atoms with E-state index in [0.29, 0.717) is 19.5 Å². The van der Waals surface area contributed by atoms with Crippen molar-refractivity contribution in [3.8, 4) is 0 Å². The first-order valence-corrected chi connectivity index (χ1v) is 15.0. The molecule has 6 nitrogen and oxygen atoms in total. The minimum atomic E-state index is -0.0372. The summed E-state index contributed by atoms with van der Waals surface area (Å²) in [5.74, 6) is 2.34. The van der Waals surface area contributed by atoms with E-state index in [9.17, 15) is 19.2 Å². The van der Waals surface area contributed by atoms with E-state index in [1.165, 1.54) is 45.0 Å². The smallest absolute Gasteiger partial charge is 0.541 e. The summed E-state index contributed by atoms with van der Waals surface area (Å²) >= 11 is 4.11. The molecule has 12 heteroatoms. The molecule has 0 N–H and O–H groups in total. The van der Waals surface area contributed by atoms with Gasteiger partial charge in [-0.3, -0.25) is 9.59 Å². The van der Waals surface area contributed by atoms with Crippen molar-refractivity contribution in [2.75, 3.05) is 50.8 Å². The molecular weight excluding hydrogens is 874 g/mol. The van der Waals surface area contributed by atoms with Crippen molar-refractivity contribution in [1.82, 2.24) is 9.80 Å². The van der Waals surface area contributed by atoms with Crippen LogP contribution in [-0.2, 0) is 61.3 Å². The van der Waals surface area contributed by atoms with Crippen LogP contribution < -0.4 is 0 Å². The number of thioether (sulfide) groups is 2. The van der Waals surface area contributed by atoms with Crippen molar-refractivity contribution in [3.05, 3.63) is 13.3 Å². The van der Waals surface area contributed by atoms with Crippen molar-refractivity contribution in [2.45, 2.75) is 62.9 Å². The zero-order valence-corrected chi connectivity index (χ0v) is 31.2. The summed E-state index contributed by atoms with van der Waals surface area (Å²) in [6.45, 7) is 9.37. The second kappa shape index (κ2) is 32.7. The van der Waals surface area contributed by atoms with Gasteiger partial charge < -0.3 is 51.1 Å². The number of rotatable bonds is 20. The van der Waals surface area contributed by atoms with Crippen LogP contribution in [0, 0.1) is 13.3 Å². The average molecular weight is 922 g/mol. The first kappa shape index (κ1) is 39.7. The van der Waals surface area contributed by atoms with E-state index in [2.05, 4.69) is 34.6 Å². The molecule has 208 valence electrons. The number of carbonyl (C=O) groups is 2. The molecule has 0 spiro atoms. The van der Waals surface area contributed by atoms with Crippen LogP contribution in [0.5, 0.6) is 0 Å². The number of Topliss-reactive ketones (excluding diaryl/α,β-unsaturated/α-hetero) is 2. The number of ketones is 2. The van der Waals surface area contributed by atoms with Crippen molar-refractivity contribution in [2.24, 2.45) is 0 Å². The van der Waals surface area contributed by atoms with E-state index in [4.69, 9.17) is 2.65 Å². The maximum absolute atomic E-state index is 12.3. The van der Waals surface area contributed by atoms with Crippen LogP contribution in [-0.4, -0.2) is 96.5 Å². The maximum atomic E-state index is 12.3. The maximum Gasteiger partial charge on any atom is 2.00 e. The minimum Gasteiger partial charge on any atom is -0.541 e. The Bertz CT molecular complexity index is 594. The Labute approximate surface area is 265 Å². The fourth-order valence-electron chi connectivity index (χ4n) is 3.24. The molecule has 0 heterocycles. The van der Waals surface area contributed by atoms with E-state index < -0.39 is 0 Å². The molecule has 4 atom stereocenters. The number of carbonyl (C=O) groups excluding carboxylic acids is 4. The van der Waals surface area contributed by atoms with Crippen molar-refractivity contribution in [1.29, 1.82) is 1.28 Å². The quantitative estimate of drug-likeness (QED) is 0.104. The Hall–Kier alpha value is 1.54. The van der Waals surface area contributed by atoms with Gasteiger partial charge in [0.15, 0.2) is 0 Å². The molecule has 1 aliphatic carbocycles. The Morgan fingerprint density at radius 2 is 1.47 bits per heavy atom. The van der Waals surface area contributed by atoms with Gasteiger partial charge in [0, 0.05) is 31.3 Å². The van der Waals surface area contributed by atoms with Crippen molar-refractivity contribution >= 4 is 66.1 Å². The number of unbranched alkanes of at least 4 members (excludes halogenated alkanes) is 1. The van der Waals surface area contributed by atoms with Crippen LogP contribution in [0.15, 0.2) is 0 Å². The van der Waals surface area contributed by atoms with Gasteiger partial charge in [-0.15, -0.1) is 0 Å². The van der Waals surface area contributed by atoms with Gasteiger partial charge in [0.1, 0.15) is 11.6 Å². The molecule has 1 rings (SSSR count). The van der Waals surface area contributed by atoms with E-state index in [1.54, 1.807) is 16.1 Å². The Morgan fingerprint density at radius 3 is 1.86 bits per heavy atom. The van der Waals surface area contributed by atoms with Crippen LogP contribution in [0.4, 0.5) is 0 Å². The third kappa shape index (κ3) is 24.6. The summed E-state index contributed by atoms with van der Waals surface area (Å²) in [4.78, 5) is 48.5. The predicted octanol–water partition coefficient (Wildman–Crippen LogP) is 3.85. The van der Waals surface area contributed by atoms with Gasteiger partial charge in [-0.2, -0.15) is 23.5 Å². The molecule has 0 aromatic carbocycles. The van der Waals surface area contributed by atoms with Crippen LogP contribution in [0.3, 0.4) is 0 Å². The van der Waals surface area contributed by atoms with E-state index >= 15 is 0 Å². The normalized spacial score (nSPS) is 16.7. The fourth-order valence-corrected chi connectivity index (χ4v) is 6.39. The molecule has 0 aliphatic heterocycles. The summed E-state index contributed by atoms with van der Waals surface area (Å²) in [6, 6.07) is 0. The standard InChI is InChI=1S/C22H36N2O4S2.2CH4P.2W/c1-3-4-15-29-21-7-8-22(21)30-16-5-6-20(28)18-24(12-14-26)10-9-23(11-13-25)17-19(2)27;2*1-2;;/h21-22H,3-12,15-18H2,1-2H3;2*1-2H2;;/q-2;2*-1;2*+2/i;2T;1T;;. The van der Waals surface area contributed by atoms with E-state index in [0.717, 1.165) is 22.7 Å². The molecule has 0 aromatic rings. The zero-order chi connectivity index (χ0) is 27.6. The molecule has 0 amide bonds. The molecule has 0 aromatic heterocycles. The van der Waals surface area contributed by atoms with Gasteiger partial charge in [0.25, 0.3) is 0 Å². The predicted molar refractivity (Wildman–Crippen MR) is 156 cm³/mol. The van der Waals surface area contributed by atoms with Gasteiger partial charge in [0.05, 0.1) is 13.1 Å². The summed E-state index contributed by atoms with van der Waals surface area (Å²) in [6.07, 6.45) is 10.2. The third-order valence-corrected chi connectivity index (χ3v) is 8.27. The molecular formula is C24H44N2O4P2S2W2.